The van der Waals surface area contributed by atoms with Gasteiger partial charge in [0.15, 0.2) is 0 Å². The van der Waals surface area contributed by atoms with Gasteiger partial charge in [-0.15, -0.1) is 0 Å². The van der Waals surface area contributed by atoms with E-state index in [1.54, 1.807) is 55.5 Å². The Hall–Kier alpha value is -0.560. The lowest BCUT2D eigenvalue weighted by Gasteiger charge is -2.74. The molecule has 0 amide bonds. The fourth-order valence-electron chi connectivity index (χ4n) is 10.3. The molecule has 1 saturated carbocycles. The summed E-state index contributed by atoms with van der Waals surface area (Å²) in [5, 5.41) is 72.8. The van der Waals surface area contributed by atoms with Gasteiger partial charge in [-0.2, -0.15) is 0 Å². The zero-order valence-corrected chi connectivity index (χ0v) is 35.9. The van der Waals surface area contributed by atoms with E-state index < -0.39 is 96.6 Å². The maximum absolute atomic E-state index is 12.9. The molecule has 14 heteroatoms. The highest BCUT2D eigenvalue weighted by Gasteiger charge is 2.79. The molecule has 0 radical (unpaired) electrons. The second-order valence-corrected chi connectivity index (χ2v) is 19.9. The molecule has 2 saturated heterocycles. The molecule has 0 spiro atoms. The van der Waals surface area contributed by atoms with Crippen molar-refractivity contribution >= 4 is 0 Å². The van der Waals surface area contributed by atoms with Crippen molar-refractivity contribution in [2.24, 2.45) is 28.0 Å². The number of aliphatic hydroxyl groups is 6. The molecule has 0 aromatic heterocycles. The third-order valence-electron chi connectivity index (χ3n) is 17.1. The van der Waals surface area contributed by atoms with Crippen LogP contribution < -0.4 is 22.5 Å². The fraction of sp³-hybridized carbons (Fsp3) is 1.00. The number of likely N-dealkylation sites (N-methyl/N-ethyl adjacent to an activating group) is 1. The predicted octanol–water partition coefficient (Wildman–Crippen LogP) is 0.816. The minimum Gasteiger partial charge on any atom is -0.390 e. The summed E-state index contributed by atoms with van der Waals surface area (Å²) in [4.78, 5) is 0. The van der Waals surface area contributed by atoms with Crippen LogP contribution in [0.25, 0.3) is 0 Å². The first-order valence-corrected chi connectivity index (χ1v) is 19.2. The molecule has 0 aromatic rings. The second kappa shape index (κ2) is 13.2. The summed E-state index contributed by atoms with van der Waals surface area (Å²) in [5.74, 6) is 0. The molecule has 16 atom stereocenters. The normalized spacial score (nSPS) is 56.6. The van der Waals surface area contributed by atoms with Crippen molar-refractivity contribution in [2.45, 2.75) is 209 Å². The van der Waals surface area contributed by atoms with Crippen LogP contribution in [0.4, 0.5) is 0 Å². The lowest BCUT2D eigenvalue weighted by molar-refractivity contribution is -0.382. The summed E-state index contributed by atoms with van der Waals surface area (Å²) in [7, 11) is 1.70. The molecule has 14 nitrogen and oxygen atoms in total. The van der Waals surface area contributed by atoms with Crippen LogP contribution >= 0.6 is 0 Å². The number of nitrogens with two attached hydrogens (primary N) is 3. The van der Waals surface area contributed by atoms with E-state index in [1.807, 2.05) is 34.6 Å². The Morgan fingerprint density at radius 3 is 1.70 bits per heavy atom. The molecule has 2 heterocycles. The van der Waals surface area contributed by atoms with Gasteiger partial charge in [-0.3, -0.25) is 0 Å². The van der Waals surface area contributed by atoms with E-state index >= 15 is 0 Å². The van der Waals surface area contributed by atoms with E-state index in [9.17, 15) is 30.6 Å². The quantitative estimate of drug-likeness (QED) is 0.131. The van der Waals surface area contributed by atoms with Gasteiger partial charge in [-0.25, -0.2) is 0 Å². The summed E-state index contributed by atoms with van der Waals surface area (Å²) >= 11 is 0. The average Bonchev–Trinajstić information content (AvgIpc) is 2.99. The average molecular weight is 763 g/mol. The zero-order valence-electron chi connectivity index (χ0n) is 35.9. The van der Waals surface area contributed by atoms with Crippen LogP contribution in [-0.2, 0) is 18.9 Å². The standard InChI is InChI=1S/C39H78N4O10/c1-23(44)32(9)37(14,48)38(15,49)35(12,42)29(6,53-32)22-50-21-28(5)33(10,40)27(3,4)34(11,41)39(16,36(28,13)47)51-20-18-19-25-31(8,46)26(43-17)30(7,45)24(2)52-25/h23-26,43-49H,18-22,40-42H2,1-17H3. The van der Waals surface area contributed by atoms with E-state index in [1.165, 1.54) is 27.7 Å². The van der Waals surface area contributed by atoms with Crippen LogP contribution in [0.2, 0.25) is 0 Å². The minimum atomic E-state index is -1.97. The van der Waals surface area contributed by atoms with Crippen molar-refractivity contribution < 1.29 is 49.6 Å². The summed E-state index contributed by atoms with van der Waals surface area (Å²) in [6.45, 7) is 26.9. The molecule has 53 heavy (non-hydrogen) atoms. The molecular formula is C39H78N4O10. The van der Waals surface area contributed by atoms with Crippen LogP contribution in [0.15, 0.2) is 0 Å². The SMILES string of the molecule is CNC1C(C)(O)C(C)OC(CCCOC2(C)C(C)(N)C(C)(C)C(C)(N)C(C)(COCC3(C)OC(C)(C(C)O)C(C)(O)C(C)(O)C3(C)N)C2(C)O)C1(C)O. The van der Waals surface area contributed by atoms with Crippen molar-refractivity contribution in [3.8, 4) is 0 Å². The summed E-state index contributed by atoms with van der Waals surface area (Å²) in [6, 6.07) is -0.643. The van der Waals surface area contributed by atoms with Crippen molar-refractivity contribution in [3.05, 3.63) is 0 Å². The highest BCUT2D eigenvalue weighted by molar-refractivity contribution is 5.33. The van der Waals surface area contributed by atoms with Crippen molar-refractivity contribution in [2.75, 3.05) is 26.9 Å². The first-order valence-electron chi connectivity index (χ1n) is 19.2. The third kappa shape index (κ3) is 5.78. The maximum Gasteiger partial charge on any atom is 0.123 e. The molecule has 13 N–H and O–H groups in total. The molecule has 3 aliphatic rings. The molecular weight excluding hydrogens is 684 g/mol. The lowest BCUT2D eigenvalue weighted by Crippen LogP contribution is -2.91. The number of ether oxygens (including phenoxy) is 4. The topological polar surface area (TPSA) is 248 Å². The van der Waals surface area contributed by atoms with Gasteiger partial charge in [0.25, 0.3) is 0 Å². The van der Waals surface area contributed by atoms with Gasteiger partial charge in [0.05, 0.1) is 48.6 Å². The van der Waals surface area contributed by atoms with Crippen LogP contribution in [0.1, 0.15) is 124 Å². The number of nitrogens with one attached hydrogen (secondary N) is 1. The van der Waals surface area contributed by atoms with Crippen molar-refractivity contribution in [1.82, 2.24) is 5.32 Å². The van der Waals surface area contributed by atoms with Crippen molar-refractivity contribution in [1.29, 1.82) is 0 Å². The Balaban J connectivity index is 1.95. The minimum absolute atomic E-state index is 0.119. The van der Waals surface area contributed by atoms with Gasteiger partial charge in [0, 0.05) is 23.0 Å². The van der Waals surface area contributed by atoms with Crippen LogP contribution in [-0.4, -0.2) is 143 Å². The highest BCUT2D eigenvalue weighted by Crippen LogP contribution is 2.65. The third-order valence-corrected chi connectivity index (χ3v) is 17.1. The van der Waals surface area contributed by atoms with E-state index in [-0.39, 0.29) is 19.8 Å². The van der Waals surface area contributed by atoms with Gasteiger partial charge >= 0.3 is 0 Å². The number of hydrogen-bond donors (Lipinski definition) is 10. The van der Waals surface area contributed by atoms with E-state index in [0.29, 0.717) is 12.8 Å². The Morgan fingerprint density at radius 1 is 0.717 bits per heavy atom. The zero-order chi connectivity index (χ0) is 41.9. The number of rotatable bonds is 11. The Kier molecular flexibility index (Phi) is 11.7. The number of aliphatic hydroxyl groups excluding tert-OH is 1. The molecule has 1 aliphatic carbocycles. The van der Waals surface area contributed by atoms with Crippen LogP contribution in [0.3, 0.4) is 0 Å². The van der Waals surface area contributed by atoms with E-state index in [2.05, 4.69) is 5.32 Å². The number of hydrogen-bond acceptors (Lipinski definition) is 14. The van der Waals surface area contributed by atoms with Gasteiger partial charge in [0.2, 0.25) is 0 Å². The fourth-order valence-corrected chi connectivity index (χ4v) is 10.3. The largest absolute Gasteiger partial charge is 0.390 e. The van der Waals surface area contributed by atoms with E-state index in [0.717, 1.165) is 0 Å². The molecule has 16 unspecified atom stereocenters. The van der Waals surface area contributed by atoms with Gasteiger partial charge in [-0.05, 0) is 110 Å². The molecule has 0 aromatic carbocycles. The highest BCUT2D eigenvalue weighted by atomic mass is 16.6. The monoisotopic (exact) mass is 763 g/mol. The van der Waals surface area contributed by atoms with Crippen LogP contribution in [0.5, 0.6) is 0 Å². The molecule has 3 fully saturated rings. The Bertz CT molecular complexity index is 1340. The smallest absolute Gasteiger partial charge is 0.123 e. The Morgan fingerprint density at radius 2 is 1.23 bits per heavy atom. The predicted molar refractivity (Wildman–Crippen MR) is 204 cm³/mol. The summed E-state index contributed by atoms with van der Waals surface area (Å²) < 4.78 is 25.9. The summed E-state index contributed by atoms with van der Waals surface area (Å²) in [6.07, 6.45) is -1.51. The molecule has 3 rings (SSSR count). The molecule has 0 bridgehead atoms. The first kappa shape index (κ1) is 46.8. The first-order chi connectivity index (χ1) is 23.3. The molecule has 314 valence electrons. The second-order valence-electron chi connectivity index (χ2n) is 19.9. The van der Waals surface area contributed by atoms with E-state index in [4.69, 9.17) is 36.1 Å². The van der Waals surface area contributed by atoms with Crippen molar-refractivity contribution in [3.63, 3.8) is 0 Å². The van der Waals surface area contributed by atoms with Crippen LogP contribution in [0, 0.1) is 10.8 Å². The van der Waals surface area contributed by atoms with Gasteiger partial charge < -0.3 is 72.1 Å². The maximum atomic E-state index is 12.9. The molecule has 2 aliphatic heterocycles. The lowest BCUT2D eigenvalue weighted by atomic mass is 9.37. The van der Waals surface area contributed by atoms with Gasteiger partial charge in [0.1, 0.15) is 44.8 Å². The van der Waals surface area contributed by atoms with Gasteiger partial charge in [-0.1, -0.05) is 20.8 Å². The summed E-state index contributed by atoms with van der Waals surface area (Å²) in [5.41, 5.74) is 2.43. The Labute approximate surface area is 318 Å².